The summed E-state index contributed by atoms with van der Waals surface area (Å²) in [5.41, 5.74) is 4.12. The van der Waals surface area contributed by atoms with Crippen LogP contribution in [-0.2, 0) is 20.7 Å². The molecule has 1 unspecified atom stereocenters. The molecule has 1 aliphatic heterocycles. The van der Waals surface area contributed by atoms with E-state index in [1.165, 1.54) is 12.0 Å². The fourth-order valence-electron chi connectivity index (χ4n) is 4.13. The number of amides is 1. The van der Waals surface area contributed by atoms with E-state index >= 15 is 0 Å². The molecule has 1 amide bonds. The highest BCUT2D eigenvalue weighted by Gasteiger charge is 2.46. The van der Waals surface area contributed by atoms with Gasteiger partial charge in [-0.1, -0.05) is 37.3 Å². The van der Waals surface area contributed by atoms with E-state index in [0.29, 0.717) is 11.3 Å². The predicted molar refractivity (Wildman–Crippen MR) is 119 cm³/mol. The molecule has 164 valence electrons. The van der Waals surface area contributed by atoms with E-state index in [0.717, 1.165) is 28.7 Å². The van der Waals surface area contributed by atoms with E-state index < -0.39 is 17.7 Å². The van der Waals surface area contributed by atoms with E-state index in [2.05, 4.69) is 6.92 Å². The van der Waals surface area contributed by atoms with Crippen molar-refractivity contribution < 1.29 is 24.2 Å². The van der Waals surface area contributed by atoms with E-state index in [-0.39, 0.29) is 24.5 Å². The number of ketones is 1. The number of ether oxygens (including phenoxy) is 2. The highest BCUT2D eigenvalue weighted by Crippen LogP contribution is 2.41. The van der Waals surface area contributed by atoms with Gasteiger partial charge < -0.3 is 19.5 Å². The largest absolute Gasteiger partial charge is 0.507 e. The Balaban J connectivity index is 2.24. The molecule has 1 fully saturated rings. The van der Waals surface area contributed by atoms with Gasteiger partial charge in [0.05, 0.1) is 30.9 Å². The predicted octanol–water partition coefficient (Wildman–Crippen LogP) is 3.94. The normalized spacial score (nSPS) is 18.0. The van der Waals surface area contributed by atoms with Gasteiger partial charge in [0.2, 0.25) is 0 Å². The molecule has 1 aliphatic rings. The van der Waals surface area contributed by atoms with Gasteiger partial charge in [-0.25, -0.2) is 0 Å². The number of hydrogen-bond acceptors (Lipinski definition) is 5. The first-order valence-corrected chi connectivity index (χ1v) is 10.4. The van der Waals surface area contributed by atoms with Crippen molar-refractivity contribution in [3.63, 3.8) is 0 Å². The van der Waals surface area contributed by atoms with Crippen LogP contribution in [0.3, 0.4) is 0 Å². The van der Waals surface area contributed by atoms with Gasteiger partial charge in [-0.3, -0.25) is 9.59 Å². The number of Topliss-reactive ketones (excluding diaryl/α,β-unsaturated/α-hetero) is 1. The highest BCUT2D eigenvalue weighted by atomic mass is 16.5. The number of methoxy groups -OCH3 is 2. The lowest BCUT2D eigenvalue weighted by atomic mass is 9.93. The number of aliphatic hydroxyl groups excluding tert-OH is 1. The second kappa shape index (κ2) is 9.35. The summed E-state index contributed by atoms with van der Waals surface area (Å²) in [6.45, 7) is 6.36. The minimum Gasteiger partial charge on any atom is -0.507 e. The quantitative estimate of drug-likeness (QED) is 0.415. The number of likely N-dealkylation sites (tertiary alicyclic amines) is 1. The average molecular weight is 424 g/mol. The summed E-state index contributed by atoms with van der Waals surface area (Å²) in [5.74, 6) is -1.11. The van der Waals surface area contributed by atoms with Crippen LogP contribution in [0.5, 0.6) is 5.75 Å². The molecule has 0 bridgehead atoms. The van der Waals surface area contributed by atoms with Crippen LogP contribution in [0.4, 0.5) is 0 Å². The van der Waals surface area contributed by atoms with Crippen LogP contribution in [0.2, 0.25) is 0 Å². The maximum atomic E-state index is 13.1. The Labute approximate surface area is 183 Å². The lowest BCUT2D eigenvalue weighted by molar-refractivity contribution is -0.140. The molecule has 0 aliphatic carbocycles. The van der Waals surface area contributed by atoms with Gasteiger partial charge in [-0.2, -0.15) is 0 Å². The van der Waals surface area contributed by atoms with Gasteiger partial charge in [0.1, 0.15) is 11.5 Å². The maximum absolute atomic E-state index is 13.1. The molecule has 1 N–H and O–H groups in total. The zero-order valence-corrected chi connectivity index (χ0v) is 18.7. The summed E-state index contributed by atoms with van der Waals surface area (Å²) in [6, 6.07) is 10.8. The molecule has 0 radical (unpaired) electrons. The highest BCUT2D eigenvalue weighted by molar-refractivity contribution is 6.46. The Hall–Kier alpha value is -3.12. The summed E-state index contributed by atoms with van der Waals surface area (Å²) in [6.07, 6.45) is 0.879. The standard InChI is InChI=1S/C25H29NO5/c1-6-17-7-9-18(10-8-17)21-20(23(28)25(29)26(21)11-12-30-4)22(27)19-14-15(2)13-16(3)24(19)31-5/h7-10,13-14,21,27H,6,11-12H2,1-5H3/b22-20+. The smallest absolute Gasteiger partial charge is 0.295 e. The molecule has 0 saturated carbocycles. The third-order valence-corrected chi connectivity index (χ3v) is 5.66. The zero-order chi connectivity index (χ0) is 22.7. The SMILES string of the molecule is CCc1ccc(C2/C(=C(\O)c3cc(C)cc(C)c3OC)C(=O)C(=O)N2CCOC)cc1. The summed E-state index contributed by atoms with van der Waals surface area (Å²) in [7, 11) is 3.06. The summed E-state index contributed by atoms with van der Waals surface area (Å²) < 4.78 is 10.7. The molecule has 1 heterocycles. The van der Waals surface area contributed by atoms with Crippen LogP contribution < -0.4 is 4.74 Å². The molecule has 2 aromatic carbocycles. The maximum Gasteiger partial charge on any atom is 0.295 e. The summed E-state index contributed by atoms with van der Waals surface area (Å²) in [5, 5.41) is 11.3. The molecule has 6 heteroatoms. The van der Waals surface area contributed by atoms with Gasteiger partial charge in [0, 0.05) is 13.7 Å². The molecule has 2 aromatic rings. The Morgan fingerprint density at radius 1 is 1.10 bits per heavy atom. The van der Waals surface area contributed by atoms with Crippen LogP contribution in [0, 0.1) is 13.8 Å². The van der Waals surface area contributed by atoms with Crippen molar-refractivity contribution in [3.8, 4) is 5.75 Å². The minimum absolute atomic E-state index is 0.0636. The first-order valence-electron chi connectivity index (χ1n) is 10.4. The van der Waals surface area contributed by atoms with Crippen molar-refractivity contribution in [1.82, 2.24) is 4.90 Å². The molecule has 0 aromatic heterocycles. The van der Waals surface area contributed by atoms with Crippen molar-refractivity contribution in [3.05, 3.63) is 69.8 Å². The zero-order valence-electron chi connectivity index (χ0n) is 18.7. The first-order chi connectivity index (χ1) is 14.8. The molecular weight excluding hydrogens is 394 g/mol. The monoisotopic (exact) mass is 423 g/mol. The van der Waals surface area contributed by atoms with Gasteiger partial charge in [0.15, 0.2) is 0 Å². The van der Waals surface area contributed by atoms with Crippen LogP contribution in [-0.4, -0.2) is 49.1 Å². The third-order valence-electron chi connectivity index (χ3n) is 5.66. The van der Waals surface area contributed by atoms with Gasteiger partial charge in [-0.15, -0.1) is 0 Å². The summed E-state index contributed by atoms with van der Waals surface area (Å²) >= 11 is 0. The van der Waals surface area contributed by atoms with Gasteiger partial charge >= 0.3 is 0 Å². The number of aliphatic hydroxyl groups is 1. The number of carbonyl (C=O) groups excluding carboxylic acids is 2. The molecule has 0 spiro atoms. The molecule has 1 atom stereocenters. The number of carbonyl (C=O) groups is 2. The van der Waals surface area contributed by atoms with Crippen molar-refractivity contribution in [2.45, 2.75) is 33.2 Å². The van der Waals surface area contributed by atoms with E-state index in [9.17, 15) is 14.7 Å². The van der Waals surface area contributed by atoms with E-state index in [1.807, 2.05) is 44.2 Å². The third kappa shape index (κ3) is 4.21. The average Bonchev–Trinajstić information content (AvgIpc) is 3.01. The number of aryl methyl sites for hydroxylation is 3. The van der Waals surface area contributed by atoms with E-state index in [4.69, 9.17) is 9.47 Å². The number of rotatable bonds is 7. The van der Waals surface area contributed by atoms with Crippen molar-refractivity contribution in [2.75, 3.05) is 27.4 Å². The Bertz CT molecular complexity index is 1020. The second-order valence-corrected chi connectivity index (χ2v) is 7.74. The molecule has 6 nitrogen and oxygen atoms in total. The molecule has 1 saturated heterocycles. The van der Waals surface area contributed by atoms with Crippen LogP contribution in [0.1, 0.15) is 40.8 Å². The minimum atomic E-state index is -0.709. The Morgan fingerprint density at radius 3 is 2.35 bits per heavy atom. The number of nitrogens with zero attached hydrogens (tertiary/aromatic N) is 1. The van der Waals surface area contributed by atoms with E-state index in [1.54, 1.807) is 13.2 Å². The molecule has 31 heavy (non-hydrogen) atoms. The lowest BCUT2D eigenvalue weighted by Gasteiger charge is -2.25. The van der Waals surface area contributed by atoms with Crippen molar-refractivity contribution in [1.29, 1.82) is 0 Å². The topological polar surface area (TPSA) is 76.1 Å². The first kappa shape index (κ1) is 22.6. The van der Waals surface area contributed by atoms with Gasteiger partial charge in [0.25, 0.3) is 11.7 Å². The van der Waals surface area contributed by atoms with Gasteiger partial charge in [-0.05, 0) is 48.6 Å². The molecular formula is C25H29NO5. The molecule has 3 rings (SSSR count). The number of benzene rings is 2. The Kier molecular flexibility index (Phi) is 6.81. The van der Waals surface area contributed by atoms with Crippen LogP contribution in [0.25, 0.3) is 5.76 Å². The van der Waals surface area contributed by atoms with Crippen molar-refractivity contribution >= 4 is 17.4 Å². The summed E-state index contributed by atoms with van der Waals surface area (Å²) in [4.78, 5) is 27.4. The van der Waals surface area contributed by atoms with Crippen LogP contribution in [0.15, 0.2) is 42.0 Å². The lowest BCUT2D eigenvalue weighted by Crippen LogP contribution is -2.32. The number of hydrogen-bond donors (Lipinski definition) is 1. The van der Waals surface area contributed by atoms with Crippen molar-refractivity contribution in [2.24, 2.45) is 0 Å². The van der Waals surface area contributed by atoms with Crippen LogP contribution >= 0.6 is 0 Å². The second-order valence-electron chi connectivity index (χ2n) is 7.74. The fourth-order valence-corrected chi connectivity index (χ4v) is 4.13. The Morgan fingerprint density at radius 2 is 1.77 bits per heavy atom. The fraction of sp³-hybridized carbons (Fsp3) is 0.360.